The highest BCUT2D eigenvalue weighted by atomic mass is 32.2. The molecule has 0 aliphatic carbocycles. The zero-order chi connectivity index (χ0) is 16.5. The maximum Gasteiger partial charge on any atom is 0.0234 e. The molecule has 0 radical (unpaired) electrons. The Morgan fingerprint density at radius 2 is 1.14 bits per heavy atom. The second kappa shape index (κ2) is 16.8. The van der Waals surface area contributed by atoms with E-state index in [0.717, 1.165) is 5.75 Å². The Kier molecular flexibility index (Phi) is 17.7. The SMILES string of the molecule is CC.CC.CC.Cc1ccccc1CSc1ccccc1. The van der Waals surface area contributed by atoms with Gasteiger partial charge in [-0.3, -0.25) is 0 Å². The first-order valence-electron chi connectivity index (χ1n) is 8.08. The lowest BCUT2D eigenvalue weighted by Crippen LogP contribution is -1.84. The van der Waals surface area contributed by atoms with Gasteiger partial charge in [0, 0.05) is 10.6 Å². The molecule has 0 nitrogen and oxygen atoms in total. The summed E-state index contributed by atoms with van der Waals surface area (Å²) in [4.78, 5) is 1.33. The van der Waals surface area contributed by atoms with Crippen molar-refractivity contribution in [3.05, 3.63) is 65.7 Å². The molecular weight excluding hydrogens is 272 g/mol. The van der Waals surface area contributed by atoms with Crippen LogP contribution < -0.4 is 0 Å². The Balaban J connectivity index is 0. The Bertz CT molecular complexity index is 421. The summed E-state index contributed by atoms with van der Waals surface area (Å²) in [6, 6.07) is 19.1. The molecule has 0 fully saturated rings. The lowest BCUT2D eigenvalue weighted by atomic mass is 10.1. The van der Waals surface area contributed by atoms with E-state index in [4.69, 9.17) is 0 Å². The number of benzene rings is 2. The van der Waals surface area contributed by atoms with Gasteiger partial charge >= 0.3 is 0 Å². The number of aryl methyl sites for hydroxylation is 1. The third-order valence-corrected chi connectivity index (χ3v) is 3.46. The molecule has 0 saturated heterocycles. The van der Waals surface area contributed by atoms with Crippen molar-refractivity contribution in [2.45, 2.75) is 59.1 Å². The topological polar surface area (TPSA) is 0 Å². The summed E-state index contributed by atoms with van der Waals surface area (Å²) >= 11 is 1.89. The van der Waals surface area contributed by atoms with Crippen LogP contribution in [0.3, 0.4) is 0 Å². The first-order chi connectivity index (χ1) is 10.4. The van der Waals surface area contributed by atoms with E-state index in [-0.39, 0.29) is 0 Å². The third kappa shape index (κ3) is 10.2. The van der Waals surface area contributed by atoms with E-state index in [0.29, 0.717) is 0 Å². The zero-order valence-electron chi connectivity index (χ0n) is 14.8. The van der Waals surface area contributed by atoms with Crippen molar-refractivity contribution >= 4 is 11.8 Å². The highest BCUT2D eigenvalue weighted by Gasteiger charge is 1.97. The normalized spacial score (nSPS) is 8.14. The summed E-state index contributed by atoms with van der Waals surface area (Å²) in [5.74, 6) is 1.05. The molecule has 0 amide bonds. The van der Waals surface area contributed by atoms with Gasteiger partial charge in [-0.25, -0.2) is 0 Å². The predicted molar refractivity (Wildman–Crippen MR) is 101 cm³/mol. The van der Waals surface area contributed by atoms with Gasteiger partial charge in [0.1, 0.15) is 0 Å². The predicted octanol–water partition coefficient (Wildman–Crippen LogP) is 7.37. The second-order valence-electron chi connectivity index (χ2n) is 3.53. The highest BCUT2D eigenvalue weighted by molar-refractivity contribution is 7.98. The van der Waals surface area contributed by atoms with Crippen molar-refractivity contribution in [3.8, 4) is 0 Å². The fraction of sp³-hybridized carbons (Fsp3) is 0.400. The summed E-state index contributed by atoms with van der Waals surface area (Å²) in [5, 5.41) is 0. The largest absolute Gasteiger partial charge is 0.121 e. The van der Waals surface area contributed by atoms with Crippen molar-refractivity contribution in [2.24, 2.45) is 0 Å². The summed E-state index contributed by atoms with van der Waals surface area (Å²) in [6.07, 6.45) is 0. The highest BCUT2D eigenvalue weighted by Crippen LogP contribution is 2.23. The van der Waals surface area contributed by atoms with Gasteiger partial charge in [0.05, 0.1) is 0 Å². The maximum absolute atomic E-state index is 2.20. The van der Waals surface area contributed by atoms with Crippen molar-refractivity contribution in [2.75, 3.05) is 0 Å². The van der Waals surface area contributed by atoms with E-state index in [1.165, 1.54) is 16.0 Å². The Morgan fingerprint density at radius 1 is 0.667 bits per heavy atom. The van der Waals surface area contributed by atoms with Crippen LogP contribution >= 0.6 is 11.8 Å². The maximum atomic E-state index is 2.20. The molecule has 0 aliphatic heterocycles. The van der Waals surface area contributed by atoms with Gasteiger partial charge in [-0.15, -0.1) is 11.8 Å². The van der Waals surface area contributed by atoms with Crippen LogP contribution in [0.1, 0.15) is 52.7 Å². The molecule has 0 spiro atoms. The van der Waals surface area contributed by atoms with Gasteiger partial charge in [-0.05, 0) is 30.2 Å². The summed E-state index contributed by atoms with van der Waals surface area (Å²) in [6.45, 7) is 14.2. The van der Waals surface area contributed by atoms with Crippen LogP contribution in [0, 0.1) is 6.92 Å². The van der Waals surface area contributed by atoms with Gasteiger partial charge in [-0.2, -0.15) is 0 Å². The average molecular weight is 305 g/mol. The smallest absolute Gasteiger partial charge is 0.0234 e. The molecule has 0 N–H and O–H groups in total. The molecule has 21 heavy (non-hydrogen) atoms. The molecule has 118 valence electrons. The van der Waals surface area contributed by atoms with Crippen LogP contribution in [0.2, 0.25) is 0 Å². The zero-order valence-corrected chi connectivity index (χ0v) is 15.6. The monoisotopic (exact) mass is 304 g/mol. The molecule has 0 atom stereocenters. The molecule has 2 aromatic carbocycles. The Morgan fingerprint density at radius 3 is 1.67 bits per heavy atom. The van der Waals surface area contributed by atoms with Crippen molar-refractivity contribution in [1.29, 1.82) is 0 Å². The van der Waals surface area contributed by atoms with Crippen LogP contribution in [-0.4, -0.2) is 0 Å². The second-order valence-corrected chi connectivity index (χ2v) is 4.58. The summed E-state index contributed by atoms with van der Waals surface area (Å²) in [7, 11) is 0. The molecule has 0 aromatic heterocycles. The van der Waals surface area contributed by atoms with E-state index < -0.39 is 0 Å². The van der Waals surface area contributed by atoms with Crippen molar-refractivity contribution < 1.29 is 0 Å². The number of hydrogen-bond donors (Lipinski definition) is 0. The molecule has 0 bridgehead atoms. The molecule has 0 unspecified atom stereocenters. The van der Waals surface area contributed by atoms with Crippen LogP contribution in [0.5, 0.6) is 0 Å². The third-order valence-electron chi connectivity index (χ3n) is 2.40. The van der Waals surface area contributed by atoms with Crippen molar-refractivity contribution in [3.63, 3.8) is 0 Å². The fourth-order valence-corrected chi connectivity index (χ4v) is 2.45. The van der Waals surface area contributed by atoms with E-state index in [2.05, 4.69) is 61.5 Å². The molecule has 0 heterocycles. The quantitative estimate of drug-likeness (QED) is 0.533. The Hall–Kier alpha value is -1.21. The Labute approximate surface area is 137 Å². The number of hydrogen-bond acceptors (Lipinski definition) is 1. The lowest BCUT2D eigenvalue weighted by Gasteiger charge is -2.04. The standard InChI is InChI=1S/C14H14S.3C2H6/c1-12-7-5-6-8-13(12)11-15-14-9-3-2-4-10-14;3*1-2/h2-10H,11H2,1H3;3*1-2H3. The first-order valence-corrected chi connectivity index (χ1v) is 9.07. The molecule has 0 saturated carbocycles. The summed E-state index contributed by atoms with van der Waals surface area (Å²) in [5.41, 5.74) is 2.80. The van der Waals surface area contributed by atoms with Crippen molar-refractivity contribution in [1.82, 2.24) is 0 Å². The average Bonchev–Trinajstić information content (AvgIpc) is 2.60. The van der Waals surface area contributed by atoms with Crippen LogP contribution in [-0.2, 0) is 5.75 Å². The molecule has 2 rings (SSSR count). The minimum atomic E-state index is 1.05. The molecule has 0 aliphatic rings. The van der Waals surface area contributed by atoms with Gasteiger partial charge in [-0.1, -0.05) is 84.0 Å². The summed E-state index contributed by atoms with van der Waals surface area (Å²) < 4.78 is 0. The number of thioether (sulfide) groups is 1. The van der Waals surface area contributed by atoms with Gasteiger partial charge < -0.3 is 0 Å². The van der Waals surface area contributed by atoms with Crippen LogP contribution in [0.25, 0.3) is 0 Å². The number of rotatable bonds is 3. The minimum absolute atomic E-state index is 1.05. The van der Waals surface area contributed by atoms with Gasteiger partial charge in [0.25, 0.3) is 0 Å². The lowest BCUT2D eigenvalue weighted by molar-refractivity contribution is 1.30. The van der Waals surface area contributed by atoms with Gasteiger partial charge in [0.15, 0.2) is 0 Å². The minimum Gasteiger partial charge on any atom is -0.121 e. The molecule has 2 aromatic rings. The molecule has 1 heteroatoms. The fourth-order valence-electron chi connectivity index (χ4n) is 1.45. The molecular formula is C20H32S. The first kappa shape index (κ1) is 22.1. The van der Waals surface area contributed by atoms with E-state index in [9.17, 15) is 0 Å². The van der Waals surface area contributed by atoms with Crippen LogP contribution in [0.15, 0.2) is 59.5 Å². The van der Waals surface area contributed by atoms with Gasteiger partial charge in [0.2, 0.25) is 0 Å². The van der Waals surface area contributed by atoms with E-state index in [1.807, 2.05) is 53.3 Å². The van der Waals surface area contributed by atoms with Crippen LogP contribution in [0.4, 0.5) is 0 Å². The van der Waals surface area contributed by atoms with E-state index >= 15 is 0 Å². The van der Waals surface area contributed by atoms with E-state index in [1.54, 1.807) is 0 Å².